The third kappa shape index (κ3) is 6.93. The maximum absolute atomic E-state index is 13.0. The highest BCUT2D eigenvalue weighted by Gasteiger charge is 2.18. The van der Waals surface area contributed by atoms with Crippen LogP contribution in [-0.2, 0) is 17.6 Å². The maximum atomic E-state index is 13.0. The van der Waals surface area contributed by atoms with Crippen molar-refractivity contribution in [2.24, 2.45) is 0 Å². The Bertz CT molecular complexity index is 1090. The molecule has 0 aliphatic heterocycles. The Morgan fingerprint density at radius 2 is 1.94 bits per heavy atom. The quantitative estimate of drug-likeness (QED) is 0.326. The second-order valence-electron chi connectivity index (χ2n) is 8.04. The Morgan fingerprint density at radius 1 is 1.12 bits per heavy atom. The van der Waals surface area contributed by atoms with E-state index in [4.69, 9.17) is 14.6 Å². The molecular weight excluding hydrogens is 436 g/mol. The van der Waals surface area contributed by atoms with Gasteiger partial charge in [-0.2, -0.15) is 0 Å². The smallest absolute Gasteiger partial charge is 0.303 e. The molecule has 1 aromatic heterocycles. The van der Waals surface area contributed by atoms with Crippen molar-refractivity contribution in [1.82, 2.24) is 0 Å². The summed E-state index contributed by atoms with van der Waals surface area (Å²) in [7, 11) is 0. The standard InChI is InChI=1S/C27H30O5S/c1-4-20-7-11-24(23(17-20)27(30)25-6-5-15-33-25)32-19(3)13-14-31-22-10-8-21(18(2)16-22)9-12-26(28)29/h5-8,10-11,15-17,19H,4,9,12-14H2,1-3H3,(H,28,29)/t19-/m1/s1. The maximum Gasteiger partial charge on any atom is 0.303 e. The number of hydrogen-bond donors (Lipinski definition) is 1. The summed E-state index contributed by atoms with van der Waals surface area (Å²) in [6.07, 6.45) is 2.00. The number of aliphatic carboxylic acids is 1. The fourth-order valence-corrected chi connectivity index (χ4v) is 4.19. The number of benzene rings is 2. The molecule has 3 rings (SSSR count). The Balaban J connectivity index is 1.59. The number of carboxylic acid groups (broad SMARTS) is 1. The van der Waals surface area contributed by atoms with Gasteiger partial charge in [-0.05, 0) is 79.1 Å². The van der Waals surface area contributed by atoms with E-state index in [1.807, 2.05) is 67.8 Å². The summed E-state index contributed by atoms with van der Waals surface area (Å²) in [5, 5.41) is 10.8. The molecule has 0 fully saturated rings. The number of carboxylic acids is 1. The molecular formula is C27H30O5S. The molecule has 0 aliphatic rings. The van der Waals surface area contributed by atoms with Crippen molar-refractivity contribution >= 4 is 23.1 Å². The average molecular weight is 467 g/mol. The highest BCUT2D eigenvalue weighted by atomic mass is 32.1. The molecule has 0 aliphatic carbocycles. The number of thiophene rings is 1. The van der Waals surface area contributed by atoms with E-state index in [2.05, 4.69) is 6.92 Å². The Labute approximate surface area is 199 Å². The minimum Gasteiger partial charge on any atom is -0.493 e. The van der Waals surface area contributed by atoms with E-state index in [-0.39, 0.29) is 18.3 Å². The van der Waals surface area contributed by atoms with Crippen LogP contribution in [0.1, 0.15) is 58.6 Å². The van der Waals surface area contributed by atoms with Gasteiger partial charge in [0.1, 0.15) is 11.5 Å². The summed E-state index contributed by atoms with van der Waals surface area (Å²) in [6.45, 7) is 6.46. The first-order chi connectivity index (χ1) is 15.9. The van der Waals surface area contributed by atoms with Crippen molar-refractivity contribution in [3.63, 3.8) is 0 Å². The predicted molar refractivity (Wildman–Crippen MR) is 131 cm³/mol. The molecule has 0 bridgehead atoms. The van der Waals surface area contributed by atoms with E-state index in [0.29, 0.717) is 35.6 Å². The number of aryl methyl sites for hydroxylation is 3. The Kier molecular flexibility index (Phi) is 8.66. The molecule has 5 nitrogen and oxygen atoms in total. The zero-order valence-electron chi connectivity index (χ0n) is 19.3. The minimum atomic E-state index is -0.798. The second kappa shape index (κ2) is 11.7. The molecule has 1 atom stereocenters. The predicted octanol–water partition coefficient (Wildman–Crippen LogP) is 6.10. The number of rotatable bonds is 12. The number of carbonyl (C=O) groups excluding carboxylic acids is 1. The summed E-state index contributed by atoms with van der Waals surface area (Å²) in [6, 6.07) is 15.3. The van der Waals surface area contributed by atoms with Crippen LogP contribution in [0.25, 0.3) is 0 Å². The fourth-order valence-electron chi connectivity index (χ4n) is 3.52. The van der Waals surface area contributed by atoms with E-state index in [1.54, 1.807) is 0 Å². The summed E-state index contributed by atoms with van der Waals surface area (Å²) in [4.78, 5) is 24.5. The molecule has 33 heavy (non-hydrogen) atoms. The summed E-state index contributed by atoms with van der Waals surface area (Å²) < 4.78 is 12.0. The molecule has 1 heterocycles. The molecule has 2 aromatic carbocycles. The van der Waals surface area contributed by atoms with Crippen LogP contribution in [0.5, 0.6) is 11.5 Å². The lowest BCUT2D eigenvalue weighted by atomic mass is 10.0. The summed E-state index contributed by atoms with van der Waals surface area (Å²) in [5.74, 6) is 0.530. The van der Waals surface area contributed by atoms with Crippen molar-refractivity contribution in [1.29, 1.82) is 0 Å². The van der Waals surface area contributed by atoms with Crippen LogP contribution in [0.3, 0.4) is 0 Å². The molecule has 0 unspecified atom stereocenters. The van der Waals surface area contributed by atoms with Crippen LogP contribution in [0.4, 0.5) is 0 Å². The van der Waals surface area contributed by atoms with E-state index < -0.39 is 5.97 Å². The molecule has 174 valence electrons. The number of carbonyl (C=O) groups is 2. The van der Waals surface area contributed by atoms with E-state index >= 15 is 0 Å². The van der Waals surface area contributed by atoms with Gasteiger partial charge in [0.05, 0.1) is 23.2 Å². The highest BCUT2D eigenvalue weighted by Crippen LogP contribution is 2.27. The van der Waals surface area contributed by atoms with Crippen molar-refractivity contribution in [2.45, 2.75) is 52.6 Å². The first-order valence-corrected chi connectivity index (χ1v) is 12.1. The third-order valence-corrected chi connectivity index (χ3v) is 6.35. The van der Waals surface area contributed by atoms with Crippen LogP contribution < -0.4 is 9.47 Å². The lowest BCUT2D eigenvalue weighted by Crippen LogP contribution is -2.17. The van der Waals surface area contributed by atoms with Gasteiger partial charge in [0.25, 0.3) is 0 Å². The first-order valence-electron chi connectivity index (χ1n) is 11.2. The molecule has 6 heteroatoms. The molecule has 0 amide bonds. The van der Waals surface area contributed by atoms with Gasteiger partial charge in [-0.15, -0.1) is 11.3 Å². The van der Waals surface area contributed by atoms with Crippen LogP contribution in [0.15, 0.2) is 53.9 Å². The van der Waals surface area contributed by atoms with Gasteiger partial charge in [0.15, 0.2) is 0 Å². The van der Waals surface area contributed by atoms with Crippen molar-refractivity contribution in [2.75, 3.05) is 6.61 Å². The van der Waals surface area contributed by atoms with Gasteiger partial charge in [-0.1, -0.05) is 25.1 Å². The van der Waals surface area contributed by atoms with Crippen LogP contribution in [0.2, 0.25) is 0 Å². The largest absolute Gasteiger partial charge is 0.493 e. The van der Waals surface area contributed by atoms with E-state index in [9.17, 15) is 9.59 Å². The number of hydrogen-bond acceptors (Lipinski definition) is 5. The van der Waals surface area contributed by atoms with Crippen molar-refractivity contribution < 1.29 is 24.2 Å². The molecule has 1 N–H and O–H groups in total. The highest BCUT2D eigenvalue weighted by molar-refractivity contribution is 7.12. The topological polar surface area (TPSA) is 72.8 Å². The van der Waals surface area contributed by atoms with Crippen LogP contribution in [-0.4, -0.2) is 29.6 Å². The zero-order chi connectivity index (χ0) is 23.8. The normalized spacial score (nSPS) is 11.7. The third-order valence-electron chi connectivity index (χ3n) is 5.49. The van der Waals surface area contributed by atoms with E-state index in [1.165, 1.54) is 11.3 Å². The van der Waals surface area contributed by atoms with Gasteiger partial charge >= 0.3 is 5.97 Å². The Morgan fingerprint density at radius 3 is 2.61 bits per heavy atom. The lowest BCUT2D eigenvalue weighted by molar-refractivity contribution is -0.136. The van der Waals surface area contributed by atoms with Crippen molar-refractivity contribution in [3.8, 4) is 11.5 Å². The van der Waals surface area contributed by atoms with Crippen molar-refractivity contribution in [3.05, 3.63) is 81.0 Å². The molecule has 0 saturated carbocycles. The molecule has 0 spiro atoms. The zero-order valence-corrected chi connectivity index (χ0v) is 20.1. The molecule has 0 radical (unpaired) electrons. The molecule has 3 aromatic rings. The summed E-state index contributed by atoms with van der Waals surface area (Å²) in [5.41, 5.74) is 3.73. The van der Waals surface area contributed by atoms with Gasteiger partial charge in [-0.25, -0.2) is 0 Å². The second-order valence-corrected chi connectivity index (χ2v) is 8.99. The fraction of sp³-hybridized carbons (Fsp3) is 0.333. The Hall–Kier alpha value is -3.12. The van der Waals surface area contributed by atoms with Crippen LogP contribution >= 0.6 is 11.3 Å². The monoisotopic (exact) mass is 466 g/mol. The van der Waals surface area contributed by atoms with Gasteiger partial charge < -0.3 is 14.6 Å². The minimum absolute atomic E-state index is 0.0165. The van der Waals surface area contributed by atoms with E-state index in [0.717, 1.165) is 28.9 Å². The SMILES string of the molecule is CCc1ccc(O[C@H](C)CCOc2ccc(CCC(=O)O)c(C)c2)c(C(=O)c2cccs2)c1. The average Bonchev–Trinajstić information content (AvgIpc) is 3.33. The summed E-state index contributed by atoms with van der Waals surface area (Å²) >= 11 is 1.43. The van der Waals surface area contributed by atoms with Gasteiger partial charge in [0, 0.05) is 12.8 Å². The molecule has 0 saturated heterocycles. The van der Waals surface area contributed by atoms with Gasteiger partial charge in [-0.3, -0.25) is 9.59 Å². The van der Waals surface area contributed by atoms with Gasteiger partial charge in [0.2, 0.25) is 5.78 Å². The number of ether oxygens (including phenoxy) is 2. The number of ketones is 1. The lowest BCUT2D eigenvalue weighted by Gasteiger charge is -2.18. The first kappa shape index (κ1) is 24.5. The van der Waals surface area contributed by atoms with Crippen LogP contribution in [0, 0.1) is 6.92 Å².